The topological polar surface area (TPSA) is 103 Å². The molecule has 310 valence electrons. The molecule has 0 saturated heterocycles. The van der Waals surface area contributed by atoms with E-state index in [1.165, 1.54) is 0 Å². The zero-order chi connectivity index (χ0) is 44.1. The molecule has 11 aromatic rings. The summed E-state index contributed by atoms with van der Waals surface area (Å²) in [5, 5.41) is 0. The van der Waals surface area contributed by atoms with Gasteiger partial charge in [-0.05, 0) is 130 Å². The first kappa shape index (κ1) is 39.7. The number of aromatic nitrogens is 8. The van der Waals surface area contributed by atoms with Gasteiger partial charge in [0.05, 0.1) is 45.6 Å². The second kappa shape index (κ2) is 17.9. The maximum absolute atomic E-state index is 4.83. The van der Waals surface area contributed by atoms with Gasteiger partial charge in [0.25, 0.3) is 0 Å². The lowest BCUT2D eigenvalue weighted by Crippen LogP contribution is -1.91. The number of hydrogen-bond donors (Lipinski definition) is 0. The SMILES string of the molecule is c1ccc(-c2ccc(-c3ccc(-c4ccc(-c5cccc(-c6ccccc6-c6cccc(-c7ccc(-c8ccc(-c9ccc(-c%10ccccn%10)cn9)cn8)nc7)c6)c5)cn4)nc3)nc2)nc1. The maximum Gasteiger partial charge on any atom is 0.0886 e. The van der Waals surface area contributed by atoms with Crippen LogP contribution in [0.25, 0.3) is 112 Å². The maximum atomic E-state index is 4.83. The van der Waals surface area contributed by atoms with Gasteiger partial charge >= 0.3 is 0 Å². The second-order valence-electron chi connectivity index (χ2n) is 15.7. The van der Waals surface area contributed by atoms with Crippen LogP contribution in [0.1, 0.15) is 0 Å². The molecule has 0 atom stereocenters. The summed E-state index contributed by atoms with van der Waals surface area (Å²) >= 11 is 0. The summed E-state index contributed by atoms with van der Waals surface area (Å²) in [6.45, 7) is 0. The minimum atomic E-state index is 0.799. The molecule has 11 rings (SSSR count). The molecule has 0 spiro atoms. The largest absolute Gasteiger partial charge is 0.256 e. The van der Waals surface area contributed by atoms with Gasteiger partial charge in [0.1, 0.15) is 0 Å². The molecule has 0 fully saturated rings. The third kappa shape index (κ3) is 8.37. The Labute approximate surface area is 382 Å². The predicted molar refractivity (Wildman–Crippen MR) is 263 cm³/mol. The lowest BCUT2D eigenvalue weighted by molar-refractivity contribution is 1.23. The average Bonchev–Trinajstić information content (AvgIpc) is 3.42. The van der Waals surface area contributed by atoms with E-state index >= 15 is 0 Å². The molecule has 0 amide bonds. The standard InChI is InChI=1S/C58H38N8/c1-2-14-50(42-12-8-10-40(32-42)44-18-26-56(64-34-44)58-28-22-48(38-66-58)54-24-20-46(36-62-54)52-16-4-6-30-60-52)49(13-1)41-11-7-9-39(31-41)43-17-25-55(63-33-43)57-27-21-47(37-65-57)53-23-19-45(35-61-53)51-15-3-5-29-59-51/h1-38H. The second-order valence-corrected chi connectivity index (χ2v) is 15.7. The molecule has 8 nitrogen and oxygen atoms in total. The van der Waals surface area contributed by atoms with Crippen molar-refractivity contribution in [2.75, 3.05) is 0 Å². The fourth-order valence-corrected chi connectivity index (χ4v) is 8.04. The van der Waals surface area contributed by atoms with Crippen LogP contribution in [-0.2, 0) is 0 Å². The van der Waals surface area contributed by atoms with Gasteiger partial charge in [-0.15, -0.1) is 0 Å². The highest BCUT2D eigenvalue weighted by Gasteiger charge is 2.13. The van der Waals surface area contributed by atoms with E-state index in [1.807, 2.05) is 134 Å². The smallest absolute Gasteiger partial charge is 0.0886 e. The molecule has 0 N–H and O–H groups in total. The Morgan fingerprint density at radius 2 is 0.485 bits per heavy atom. The lowest BCUT2D eigenvalue weighted by atomic mass is 9.91. The van der Waals surface area contributed by atoms with E-state index < -0.39 is 0 Å². The van der Waals surface area contributed by atoms with E-state index in [4.69, 9.17) is 19.9 Å². The number of hydrogen-bond acceptors (Lipinski definition) is 8. The van der Waals surface area contributed by atoms with Crippen molar-refractivity contribution in [3.63, 3.8) is 0 Å². The van der Waals surface area contributed by atoms with E-state index in [0.29, 0.717) is 0 Å². The third-order valence-corrected chi connectivity index (χ3v) is 11.6. The first-order valence-corrected chi connectivity index (χ1v) is 21.6. The van der Waals surface area contributed by atoms with Crippen molar-refractivity contribution in [2.45, 2.75) is 0 Å². The van der Waals surface area contributed by atoms with Crippen LogP contribution in [0.5, 0.6) is 0 Å². The Morgan fingerprint density at radius 1 is 0.182 bits per heavy atom. The van der Waals surface area contributed by atoms with Crippen molar-refractivity contribution in [3.05, 3.63) is 232 Å². The number of pyridine rings is 8. The highest BCUT2D eigenvalue weighted by atomic mass is 14.8. The van der Waals surface area contributed by atoms with Gasteiger partial charge in [0.2, 0.25) is 0 Å². The van der Waals surface area contributed by atoms with Crippen LogP contribution in [0, 0.1) is 0 Å². The van der Waals surface area contributed by atoms with Crippen LogP contribution in [-0.4, -0.2) is 39.9 Å². The molecule has 3 aromatic carbocycles. The minimum Gasteiger partial charge on any atom is -0.256 e. The molecule has 8 aromatic heterocycles. The Morgan fingerprint density at radius 3 is 0.803 bits per heavy atom. The Bertz CT molecular complexity index is 3170. The zero-order valence-electron chi connectivity index (χ0n) is 35.5. The fraction of sp³-hybridized carbons (Fsp3) is 0. The summed E-state index contributed by atoms with van der Waals surface area (Å²) < 4.78 is 0. The van der Waals surface area contributed by atoms with Crippen molar-refractivity contribution in [3.8, 4) is 112 Å². The highest BCUT2D eigenvalue weighted by Crippen LogP contribution is 2.36. The molecule has 0 aliphatic rings. The van der Waals surface area contributed by atoms with E-state index in [1.54, 1.807) is 12.4 Å². The van der Waals surface area contributed by atoms with Gasteiger partial charge in [-0.1, -0.05) is 84.9 Å². The zero-order valence-corrected chi connectivity index (χ0v) is 35.5. The van der Waals surface area contributed by atoms with Gasteiger partial charge in [-0.2, -0.15) is 0 Å². The van der Waals surface area contributed by atoms with Crippen molar-refractivity contribution < 1.29 is 0 Å². The summed E-state index contributed by atoms with van der Waals surface area (Å²) in [6, 6.07) is 61.9. The molecule has 0 bridgehead atoms. The Hall–Kier alpha value is -9.14. The molecule has 66 heavy (non-hydrogen) atoms. The Kier molecular flexibility index (Phi) is 10.8. The lowest BCUT2D eigenvalue weighted by Gasteiger charge is -2.13. The average molecular weight is 847 g/mol. The normalized spacial score (nSPS) is 11.0. The molecule has 0 radical (unpaired) electrons. The van der Waals surface area contributed by atoms with Gasteiger partial charge < -0.3 is 0 Å². The van der Waals surface area contributed by atoms with Gasteiger partial charge in [-0.25, -0.2) is 0 Å². The minimum absolute atomic E-state index is 0.799. The summed E-state index contributed by atoms with van der Waals surface area (Å²) in [6.07, 6.45) is 14.8. The molecule has 0 aliphatic heterocycles. The van der Waals surface area contributed by atoms with E-state index in [9.17, 15) is 0 Å². The van der Waals surface area contributed by atoms with E-state index in [-0.39, 0.29) is 0 Å². The summed E-state index contributed by atoms with van der Waals surface area (Å²) in [5.41, 5.74) is 19.3. The van der Waals surface area contributed by atoms with Crippen LogP contribution in [0.15, 0.2) is 232 Å². The number of rotatable bonds is 10. The highest BCUT2D eigenvalue weighted by molar-refractivity contribution is 5.87. The van der Waals surface area contributed by atoms with Crippen LogP contribution in [0.4, 0.5) is 0 Å². The van der Waals surface area contributed by atoms with Gasteiger partial charge in [0.15, 0.2) is 0 Å². The summed E-state index contributed by atoms with van der Waals surface area (Å²) in [5.74, 6) is 0. The van der Waals surface area contributed by atoms with E-state index in [2.05, 4.69) is 105 Å². The summed E-state index contributed by atoms with van der Waals surface area (Å²) in [4.78, 5) is 37.3. The first-order chi connectivity index (χ1) is 32.7. The van der Waals surface area contributed by atoms with Gasteiger partial charge in [-0.3, -0.25) is 39.9 Å². The van der Waals surface area contributed by atoms with Crippen molar-refractivity contribution in [1.29, 1.82) is 0 Å². The molecular formula is C58H38N8. The molecule has 0 aliphatic carbocycles. The monoisotopic (exact) mass is 846 g/mol. The molecule has 8 heterocycles. The van der Waals surface area contributed by atoms with Gasteiger partial charge in [0, 0.05) is 83.0 Å². The number of benzene rings is 3. The molecule has 0 unspecified atom stereocenters. The van der Waals surface area contributed by atoms with E-state index in [0.717, 1.165) is 112 Å². The quantitative estimate of drug-likeness (QED) is 0.134. The Balaban J connectivity index is 0.778. The fourth-order valence-electron chi connectivity index (χ4n) is 8.04. The number of nitrogens with zero attached hydrogens (tertiary/aromatic N) is 8. The van der Waals surface area contributed by atoms with Crippen LogP contribution in [0.2, 0.25) is 0 Å². The van der Waals surface area contributed by atoms with Crippen LogP contribution >= 0.6 is 0 Å². The van der Waals surface area contributed by atoms with Crippen molar-refractivity contribution in [1.82, 2.24) is 39.9 Å². The van der Waals surface area contributed by atoms with Crippen LogP contribution in [0.3, 0.4) is 0 Å². The van der Waals surface area contributed by atoms with Crippen LogP contribution < -0.4 is 0 Å². The summed E-state index contributed by atoms with van der Waals surface area (Å²) in [7, 11) is 0. The van der Waals surface area contributed by atoms with Crippen molar-refractivity contribution in [2.24, 2.45) is 0 Å². The predicted octanol–water partition coefficient (Wildman–Crippen LogP) is 13.5. The molecular weight excluding hydrogens is 809 g/mol. The first-order valence-electron chi connectivity index (χ1n) is 21.6. The molecule has 8 heteroatoms. The molecule has 0 saturated carbocycles. The van der Waals surface area contributed by atoms with Crippen molar-refractivity contribution >= 4 is 0 Å². The third-order valence-electron chi connectivity index (χ3n) is 11.6.